The molecule has 1 heterocycles. The molecule has 3 rings (SSSR count). The molecular formula is C18H13ClN4O3S2. The van der Waals surface area contributed by atoms with Crippen LogP contribution in [0.5, 0.6) is 0 Å². The number of hydrogen-bond donors (Lipinski definition) is 1. The highest BCUT2D eigenvalue weighted by Crippen LogP contribution is 2.28. The van der Waals surface area contributed by atoms with Gasteiger partial charge in [-0.15, -0.1) is 11.3 Å². The summed E-state index contributed by atoms with van der Waals surface area (Å²) in [7, 11) is 0. The van der Waals surface area contributed by atoms with Crippen molar-refractivity contribution in [2.45, 2.75) is 4.34 Å². The molecule has 0 unspecified atom stereocenters. The van der Waals surface area contributed by atoms with E-state index in [1.807, 2.05) is 35.7 Å². The lowest BCUT2D eigenvalue weighted by atomic mass is 10.2. The Kier molecular flexibility index (Phi) is 6.75. The molecule has 3 aromatic rings. The Hall–Kier alpha value is -2.75. The number of rotatable bonds is 7. The van der Waals surface area contributed by atoms with Gasteiger partial charge in [0.25, 0.3) is 11.6 Å². The molecule has 0 aliphatic heterocycles. The number of amides is 1. The summed E-state index contributed by atoms with van der Waals surface area (Å²) in [6.45, 7) is 0. The minimum absolute atomic E-state index is 0.0425. The average Bonchev–Trinajstić information content (AvgIpc) is 3.17. The summed E-state index contributed by atoms with van der Waals surface area (Å²) < 4.78 is 0.784. The lowest BCUT2D eigenvalue weighted by Crippen LogP contribution is -2.19. The summed E-state index contributed by atoms with van der Waals surface area (Å²) in [4.78, 5) is 26.7. The Morgan fingerprint density at radius 2 is 2.11 bits per heavy atom. The maximum absolute atomic E-state index is 11.9. The molecule has 0 saturated carbocycles. The third-order valence-corrected chi connectivity index (χ3v) is 5.79. The Morgan fingerprint density at radius 3 is 2.86 bits per heavy atom. The number of halogens is 1. The fraction of sp³-hybridized carbons (Fsp3) is 0.0556. The summed E-state index contributed by atoms with van der Waals surface area (Å²) in [6.07, 6.45) is 1.32. The highest BCUT2D eigenvalue weighted by Gasteiger charge is 2.12. The number of nitrogens with one attached hydrogen (secondary N) is 1. The van der Waals surface area contributed by atoms with Gasteiger partial charge >= 0.3 is 0 Å². The van der Waals surface area contributed by atoms with Crippen LogP contribution in [0.15, 0.2) is 63.4 Å². The van der Waals surface area contributed by atoms with E-state index in [9.17, 15) is 14.9 Å². The van der Waals surface area contributed by atoms with E-state index < -0.39 is 4.92 Å². The Labute approximate surface area is 173 Å². The molecule has 28 heavy (non-hydrogen) atoms. The van der Waals surface area contributed by atoms with Crippen molar-refractivity contribution in [1.29, 1.82) is 0 Å². The van der Waals surface area contributed by atoms with Crippen LogP contribution < -0.4 is 5.43 Å². The van der Waals surface area contributed by atoms with Gasteiger partial charge in [0.2, 0.25) is 0 Å². The molecule has 7 nitrogen and oxygen atoms in total. The molecule has 0 saturated heterocycles. The summed E-state index contributed by atoms with van der Waals surface area (Å²) in [5.74, 6) is -0.152. The van der Waals surface area contributed by atoms with E-state index in [1.165, 1.54) is 41.4 Å². The minimum atomic E-state index is -0.577. The third kappa shape index (κ3) is 5.38. The van der Waals surface area contributed by atoms with Crippen LogP contribution in [-0.4, -0.2) is 27.8 Å². The van der Waals surface area contributed by atoms with Crippen LogP contribution >= 0.6 is 34.7 Å². The number of thioether (sulfide) groups is 1. The largest absolute Gasteiger partial charge is 0.288 e. The van der Waals surface area contributed by atoms with Crippen molar-refractivity contribution in [2.24, 2.45) is 5.10 Å². The van der Waals surface area contributed by atoms with Gasteiger partial charge in [0.1, 0.15) is 5.02 Å². The van der Waals surface area contributed by atoms with Crippen molar-refractivity contribution in [2.75, 3.05) is 5.75 Å². The first kappa shape index (κ1) is 20.0. The van der Waals surface area contributed by atoms with Crippen LogP contribution in [0.25, 0.3) is 11.3 Å². The van der Waals surface area contributed by atoms with Crippen LogP contribution in [0, 0.1) is 10.1 Å². The highest BCUT2D eigenvalue weighted by molar-refractivity contribution is 8.01. The van der Waals surface area contributed by atoms with E-state index in [4.69, 9.17) is 11.6 Å². The highest BCUT2D eigenvalue weighted by atomic mass is 35.5. The number of nitro benzene ring substituents is 1. The lowest BCUT2D eigenvalue weighted by molar-refractivity contribution is -0.384. The van der Waals surface area contributed by atoms with Crippen LogP contribution in [0.2, 0.25) is 5.02 Å². The molecule has 1 N–H and O–H groups in total. The van der Waals surface area contributed by atoms with Gasteiger partial charge in [0, 0.05) is 22.6 Å². The molecule has 0 bridgehead atoms. The van der Waals surface area contributed by atoms with E-state index in [1.54, 1.807) is 6.07 Å². The average molecular weight is 433 g/mol. The van der Waals surface area contributed by atoms with Crippen LogP contribution in [-0.2, 0) is 4.79 Å². The van der Waals surface area contributed by atoms with Crippen LogP contribution in [0.1, 0.15) is 5.56 Å². The van der Waals surface area contributed by atoms with Gasteiger partial charge in [0.05, 0.1) is 22.6 Å². The van der Waals surface area contributed by atoms with Crippen LogP contribution in [0.4, 0.5) is 5.69 Å². The fourth-order valence-electron chi connectivity index (χ4n) is 2.15. The zero-order chi connectivity index (χ0) is 19.9. The monoisotopic (exact) mass is 432 g/mol. The topological polar surface area (TPSA) is 97.5 Å². The minimum Gasteiger partial charge on any atom is -0.272 e. The van der Waals surface area contributed by atoms with Gasteiger partial charge in [0.15, 0.2) is 4.34 Å². The molecule has 0 fully saturated rings. The Bertz CT molecular complexity index is 1020. The zero-order valence-corrected chi connectivity index (χ0v) is 16.6. The smallest absolute Gasteiger partial charge is 0.272 e. The predicted octanol–water partition coefficient (Wildman–Crippen LogP) is 4.61. The maximum atomic E-state index is 11.9. The standard InChI is InChI=1S/C18H13ClN4O3S2/c19-14-7-6-12(8-16(14)23(25)26)9-20-22-17(24)11-28-18-21-15(10-27-18)13-4-2-1-3-5-13/h1-10H,11H2,(H,22,24)/b20-9+. The normalized spacial score (nSPS) is 10.9. The number of nitrogens with zero attached hydrogens (tertiary/aromatic N) is 3. The van der Waals surface area contributed by atoms with E-state index in [-0.39, 0.29) is 22.4 Å². The van der Waals surface area contributed by atoms with Gasteiger partial charge in [-0.05, 0) is 6.07 Å². The Balaban J connectivity index is 1.51. The molecule has 10 heteroatoms. The molecule has 1 aromatic heterocycles. The number of aromatic nitrogens is 1. The van der Waals surface area contributed by atoms with Gasteiger partial charge in [-0.2, -0.15) is 5.10 Å². The van der Waals surface area contributed by atoms with Crippen molar-refractivity contribution >= 4 is 52.5 Å². The third-order valence-electron chi connectivity index (χ3n) is 3.45. The van der Waals surface area contributed by atoms with Crippen molar-refractivity contribution < 1.29 is 9.72 Å². The van der Waals surface area contributed by atoms with E-state index in [2.05, 4.69) is 15.5 Å². The number of benzene rings is 2. The number of thiazole rings is 1. The summed E-state index contributed by atoms with van der Waals surface area (Å²) in [5, 5.41) is 16.7. The molecule has 0 spiro atoms. The van der Waals surface area contributed by atoms with Crippen molar-refractivity contribution in [3.05, 3.63) is 74.6 Å². The number of hydrazone groups is 1. The molecular weight excluding hydrogens is 420 g/mol. The van der Waals surface area contributed by atoms with E-state index in [0.717, 1.165) is 15.6 Å². The van der Waals surface area contributed by atoms with Gasteiger partial charge in [-0.3, -0.25) is 14.9 Å². The predicted molar refractivity (Wildman–Crippen MR) is 112 cm³/mol. The molecule has 0 aliphatic carbocycles. The fourth-order valence-corrected chi connectivity index (χ4v) is 3.97. The Morgan fingerprint density at radius 1 is 1.32 bits per heavy atom. The maximum Gasteiger partial charge on any atom is 0.288 e. The molecule has 0 aliphatic rings. The summed E-state index contributed by atoms with van der Waals surface area (Å²) in [5.41, 5.74) is 4.52. The SMILES string of the molecule is O=C(CSc1nc(-c2ccccc2)cs1)N/N=C/c1ccc(Cl)c([N+](=O)[O-])c1. The first-order valence-corrected chi connectivity index (χ1v) is 10.2. The van der Waals surface area contributed by atoms with Crippen LogP contribution in [0.3, 0.4) is 0 Å². The van der Waals surface area contributed by atoms with E-state index in [0.29, 0.717) is 5.56 Å². The molecule has 0 radical (unpaired) electrons. The van der Waals surface area contributed by atoms with Gasteiger partial charge in [-0.1, -0.05) is 59.8 Å². The second-order valence-corrected chi connectivity index (χ2v) is 7.90. The molecule has 142 valence electrons. The van der Waals surface area contributed by atoms with Crippen molar-refractivity contribution in [3.8, 4) is 11.3 Å². The number of nitro groups is 1. The quantitative estimate of drug-likeness (QED) is 0.254. The van der Waals surface area contributed by atoms with Gasteiger partial charge in [-0.25, -0.2) is 10.4 Å². The zero-order valence-electron chi connectivity index (χ0n) is 14.2. The first-order valence-electron chi connectivity index (χ1n) is 7.92. The summed E-state index contributed by atoms with van der Waals surface area (Å²) >= 11 is 8.54. The van der Waals surface area contributed by atoms with E-state index >= 15 is 0 Å². The van der Waals surface area contributed by atoms with Crippen molar-refractivity contribution in [1.82, 2.24) is 10.4 Å². The molecule has 1 amide bonds. The summed E-state index contributed by atoms with van der Waals surface area (Å²) in [6, 6.07) is 14.1. The lowest BCUT2D eigenvalue weighted by Gasteiger charge is -1.99. The molecule has 0 atom stereocenters. The first-order chi connectivity index (χ1) is 13.5. The second-order valence-electron chi connectivity index (χ2n) is 5.41. The number of hydrogen-bond acceptors (Lipinski definition) is 7. The molecule has 2 aromatic carbocycles. The second kappa shape index (κ2) is 9.45. The van der Waals surface area contributed by atoms with Crippen molar-refractivity contribution in [3.63, 3.8) is 0 Å². The number of carbonyl (C=O) groups excluding carboxylic acids is 1. The number of carbonyl (C=O) groups is 1. The van der Waals surface area contributed by atoms with Gasteiger partial charge < -0.3 is 0 Å².